The van der Waals surface area contributed by atoms with E-state index in [2.05, 4.69) is 18.8 Å². The number of rotatable bonds is 3. The van der Waals surface area contributed by atoms with Gasteiger partial charge in [-0.3, -0.25) is 4.79 Å². The molecule has 0 spiro atoms. The van der Waals surface area contributed by atoms with Crippen LogP contribution >= 0.6 is 0 Å². The van der Waals surface area contributed by atoms with Gasteiger partial charge < -0.3 is 15.0 Å². The Kier molecular flexibility index (Phi) is 3.25. The van der Waals surface area contributed by atoms with Crippen molar-refractivity contribution < 1.29 is 9.90 Å². The normalized spacial score (nSPS) is 20.2. The van der Waals surface area contributed by atoms with Crippen LogP contribution in [0.25, 0.3) is 10.9 Å². The van der Waals surface area contributed by atoms with Gasteiger partial charge >= 0.3 is 0 Å². The first-order valence-corrected chi connectivity index (χ1v) is 8.24. The Balaban J connectivity index is 1.95. The topological polar surface area (TPSA) is 56.3 Å². The number of aromatic nitrogens is 1. The molecule has 1 amide bonds. The summed E-state index contributed by atoms with van der Waals surface area (Å²) >= 11 is 0. The van der Waals surface area contributed by atoms with Crippen molar-refractivity contribution in [3.63, 3.8) is 0 Å². The van der Waals surface area contributed by atoms with Crippen molar-refractivity contribution in [3.05, 3.63) is 65.9 Å². The lowest BCUT2D eigenvalue weighted by molar-refractivity contribution is -0.132. The van der Waals surface area contributed by atoms with Crippen molar-refractivity contribution in [3.8, 4) is 0 Å². The molecule has 0 saturated heterocycles. The number of aliphatic hydroxyl groups is 1. The molecule has 0 fully saturated rings. The minimum absolute atomic E-state index is 0.276. The van der Waals surface area contributed by atoms with Gasteiger partial charge in [0.1, 0.15) is 0 Å². The molecule has 0 radical (unpaired) electrons. The lowest BCUT2D eigenvalue weighted by Gasteiger charge is -2.24. The largest absolute Gasteiger partial charge is 0.372 e. The summed E-state index contributed by atoms with van der Waals surface area (Å²) in [6.07, 6.45) is 1.75. The summed E-state index contributed by atoms with van der Waals surface area (Å²) in [6.45, 7) is 4.72. The molecule has 4 nitrogen and oxygen atoms in total. The van der Waals surface area contributed by atoms with Crippen molar-refractivity contribution in [1.29, 1.82) is 0 Å². The van der Waals surface area contributed by atoms with Crippen molar-refractivity contribution in [1.82, 2.24) is 4.98 Å². The highest BCUT2D eigenvalue weighted by Crippen LogP contribution is 2.46. The van der Waals surface area contributed by atoms with Crippen LogP contribution in [0.2, 0.25) is 0 Å². The predicted molar refractivity (Wildman–Crippen MR) is 94.9 cm³/mol. The van der Waals surface area contributed by atoms with Crippen molar-refractivity contribution in [2.24, 2.45) is 5.92 Å². The number of para-hydroxylation sites is 2. The molecule has 0 bridgehead atoms. The average Bonchev–Trinajstić information content (AvgIpc) is 3.10. The van der Waals surface area contributed by atoms with Gasteiger partial charge in [0.25, 0.3) is 5.91 Å². The van der Waals surface area contributed by atoms with Gasteiger partial charge in [0, 0.05) is 34.8 Å². The zero-order valence-corrected chi connectivity index (χ0v) is 13.8. The fraction of sp³-hybridized carbons (Fsp3) is 0.250. The molecule has 1 aliphatic rings. The Labute approximate surface area is 140 Å². The van der Waals surface area contributed by atoms with Crippen LogP contribution in [0, 0.1) is 5.92 Å². The van der Waals surface area contributed by atoms with E-state index in [0.717, 1.165) is 16.6 Å². The van der Waals surface area contributed by atoms with Crippen LogP contribution in [-0.4, -0.2) is 22.5 Å². The third-order valence-corrected chi connectivity index (χ3v) is 4.67. The van der Waals surface area contributed by atoms with Gasteiger partial charge in [-0.15, -0.1) is 0 Å². The number of H-pyrrole nitrogens is 1. The number of amides is 1. The molecule has 4 rings (SSSR count). The summed E-state index contributed by atoms with van der Waals surface area (Å²) in [7, 11) is 0. The van der Waals surface area contributed by atoms with Crippen molar-refractivity contribution in [2.45, 2.75) is 19.4 Å². The number of aromatic amines is 1. The zero-order valence-electron chi connectivity index (χ0n) is 13.8. The number of benzene rings is 2. The summed E-state index contributed by atoms with van der Waals surface area (Å²) in [6, 6.07) is 15.2. The highest BCUT2D eigenvalue weighted by Gasteiger charge is 2.51. The van der Waals surface area contributed by atoms with Crippen LogP contribution in [-0.2, 0) is 10.4 Å². The molecule has 1 aliphatic heterocycles. The van der Waals surface area contributed by atoms with E-state index in [1.165, 1.54) is 0 Å². The highest BCUT2D eigenvalue weighted by molar-refractivity contribution is 6.11. The number of hydrogen-bond donors (Lipinski definition) is 2. The minimum atomic E-state index is -1.65. The molecule has 24 heavy (non-hydrogen) atoms. The molecule has 2 aromatic carbocycles. The maximum Gasteiger partial charge on any atom is 0.268 e. The Morgan fingerprint density at radius 2 is 1.79 bits per heavy atom. The molecular formula is C20H20N2O2. The van der Waals surface area contributed by atoms with E-state index >= 15 is 0 Å². The number of hydrogen-bond acceptors (Lipinski definition) is 2. The molecule has 3 aromatic rings. The second-order valence-corrected chi connectivity index (χ2v) is 6.79. The SMILES string of the molecule is CC(C)CN1C(=O)[C@@](O)(c2c[nH]c3ccccc23)c2ccccc21. The molecule has 0 unspecified atom stereocenters. The molecule has 1 aromatic heterocycles. The van der Waals surface area contributed by atoms with Gasteiger partial charge in [-0.2, -0.15) is 0 Å². The molecule has 0 saturated carbocycles. The van der Waals surface area contributed by atoms with E-state index in [1.807, 2.05) is 48.5 Å². The summed E-state index contributed by atoms with van der Waals surface area (Å²) < 4.78 is 0. The quantitative estimate of drug-likeness (QED) is 0.777. The highest BCUT2D eigenvalue weighted by atomic mass is 16.3. The van der Waals surface area contributed by atoms with E-state index in [0.29, 0.717) is 23.6 Å². The predicted octanol–water partition coefficient (Wildman–Crippen LogP) is 3.41. The van der Waals surface area contributed by atoms with Crippen LogP contribution in [0.3, 0.4) is 0 Å². The summed E-state index contributed by atoms with van der Waals surface area (Å²) in [4.78, 5) is 18.1. The first-order valence-electron chi connectivity index (χ1n) is 8.24. The molecule has 2 heterocycles. The zero-order chi connectivity index (χ0) is 16.9. The van der Waals surface area contributed by atoms with Crippen molar-refractivity contribution >= 4 is 22.5 Å². The van der Waals surface area contributed by atoms with Crippen LogP contribution in [0.1, 0.15) is 25.0 Å². The van der Waals surface area contributed by atoms with Gasteiger partial charge in [0.05, 0.1) is 5.69 Å². The smallest absolute Gasteiger partial charge is 0.268 e. The fourth-order valence-corrected chi connectivity index (χ4v) is 3.61. The molecule has 122 valence electrons. The number of anilines is 1. The molecule has 0 aliphatic carbocycles. The number of fused-ring (bicyclic) bond motifs is 2. The van der Waals surface area contributed by atoms with E-state index in [9.17, 15) is 9.90 Å². The minimum Gasteiger partial charge on any atom is -0.372 e. The van der Waals surface area contributed by atoms with E-state index in [1.54, 1.807) is 11.1 Å². The maximum absolute atomic E-state index is 13.2. The van der Waals surface area contributed by atoms with Gasteiger partial charge in [-0.25, -0.2) is 0 Å². The number of nitrogens with zero attached hydrogens (tertiary/aromatic N) is 1. The van der Waals surface area contributed by atoms with Crippen LogP contribution in [0.4, 0.5) is 5.69 Å². The second kappa shape index (κ2) is 5.21. The first kappa shape index (κ1) is 15.0. The van der Waals surface area contributed by atoms with Gasteiger partial charge in [0.2, 0.25) is 0 Å². The molecular weight excluding hydrogens is 300 g/mol. The summed E-state index contributed by atoms with van der Waals surface area (Å²) in [5, 5.41) is 12.4. The number of nitrogens with one attached hydrogen (secondary N) is 1. The standard InChI is InChI=1S/C20H20N2O2/c1-13(2)12-22-18-10-6-4-8-15(18)20(24,19(22)23)16-11-21-17-9-5-3-7-14(16)17/h3-11,13,21,24H,12H2,1-2H3/t20-/m0/s1. The first-order chi connectivity index (χ1) is 11.5. The lowest BCUT2D eigenvalue weighted by Crippen LogP contribution is -2.42. The third-order valence-electron chi connectivity index (χ3n) is 4.67. The van der Waals surface area contributed by atoms with E-state index in [4.69, 9.17) is 0 Å². The van der Waals surface area contributed by atoms with E-state index < -0.39 is 5.60 Å². The fourth-order valence-electron chi connectivity index (χ4n) is 3.61. The second-order valence-electron chi connectivity index (χ2n) is 6.79. The molecule has 4 heteroatoms. The third kappa shape index (κ3) is 1.93. The Morgan fingerprint density at radius 1 is 1.08 bits per heavy atom. The van der Waals surface area contributed by atoms with Crippen LogP contribution in [0.5, 0.6) is 0 Å². The van der Waals surface area contributed by atoms with Crippen LogP contribution in [0.15, 0.2) is 54.7 Å². The monoisotopic (exact) mass is 320 g/mol. The van der Waals surface area contributed by atoms with E-state index in [-0.39, 0.29) is 5.91 Å². The van der Waals surface area contributed by atoms with Gasteiger partial charge in [-0.05, 0) is 18.1 Å². The molecule has 1 atom stereocenters. The van der Waals surface area contributed by atoms with Crippen LogP contribution < -0.4 is 4.90 Å². The number of carbonyl (C=O) groups excluding carboxylic acids is 1. The molecule has 2 N–H and O–H groups in total. The lowest BCUT2D eigenvalue weighted by atomic mass is 9.87. The average molecular weight is 320 g/mol. The van der Waals surface area contributed by atoms with Crippen molar-refractivity contribution in [2.75, 3.05) is 11.4 Å². The Hall–Kier alpha value is -2.59. The van der Waals surface area contributed by atoms with Gasteiger partial charge in [0.15, 0.2) is 5.60 Å². The van der Waals surface area contributed by atoms with Gasteiger partial charge in [-0.1, -0.05) is 50.2 Å². The summed E-state index contributed by atoms with van der Waals surface area (Å²) in [5.74, 6) is 0.0366. The maximum atomic E-state index is 13.2. The number of carbonyl (C=O) groups is 1. The summed E-state index contributed by atoms with van der Waals surface area (Å²) in [5.41, 5.74) is 1.32. The Bertz CT molecular complexity index is 928. The Morgan fingerprint density at radius 3 is 2.58 bits per heavy atom.